The number of morpholine rings is 1. The number of amides is 2. The highest BCUT2D eigenvalue weighted by Crippen LogP contribution is 2.27. The summed E-state index contributed by atoms with van der Waals surface area (Å²) < 4.78 is 5.30. The Hall–Kier alpha value is -2.41. The van der Waals surface area contributed by atoms with Crippen LogP contribution < -0.4 is 5.32 Å². The number of anilines is 1. The van der Waals surface area contributed by atoms with Crippen molar-refractivity contribution in [3.63, 3.8) is 0 Å². The van der Waals surface area contributed by atoms with E-state index in [1.165, 1.54) is 0 Å². The predicted octanol–water partition coefficient (Wildman–Crippen LogP) is 1.74. The molecule has 1 atom stereocenters. The molecule has 1 saturated carbocycles. The molecule has 2 N–H and O–H groups in total. The summed E-state index contributed by atoms with van der Waals surface area (Å²) in [5.74, 6) is -1.04. The van der Waals surface area contributed by atoms with E-state index in [2.05, 4.69) is 5.32 Å². The fourth-order valence-electron chi connectivity index (χ4n) is 3.07. The summed E-state index contributed by atoms with van der Waals surface area (Å²) in [5, 5.41) is 11.9. The van der Waals surface area contributed by atoms with Gasteiger partial charge in [-0.2, -0.15) is 0 Å². The third-order valence-corrected chi connectivity index (χ3v) is 4.77. The zero-order chi connectivity index (χ0) is 17.8. The Morgan fingerprint density at radius 1 is 1.20 bits per heavy atom. The van der Waals surface area contributed by atoms with Gasteiger partial charge in [-0.15, -0.1) is 0 Å². The second-order valence-corrected chi connectivity index (χ2v) is 6.52. The van der Waals surface area contributed by atoms with Gasteiger partial charge in [-0.3, -0.25) is 14.4 Å². The molecule has 25 heavy (non-hydrogen) atoms. The van der Waals surface area contributed by atoms with Crippen molar-refractivity contribution in [2.45, 2.75) is 31.7 Å². The molecular weight excluding hydrogens is 324 g/mol. The lowest BCUT2D eigenvalue weighted by atomic mass is 9.85. The van der Waals surface area contributed by atoms with E-state index < -0.39 is 12.0 Å². The molecule has 1 saturated heterocycles. The lowest BCUT2D eigenvalue weighted by Crippen LogP contribution is -2.49. The Kier molecular flexibility index (Phi) is 5.33. The van der Waals surface area contributed by atoms with Crippen LogP contribution in [-0.2, 0) is 14.3 Å². The topological polar surface area (TPSA) is 95.9 Å². The minimum Gasteiger partial charge on any atom is -0.481 e. The van der Waals surface area contributed by atoms with E-state index in [1.54, 1.807) is 29.2 Å². The van der Waals surface area contributed by atoms with Crippen molar-refractivity contribution in [3.8, 4) is 0 Å². The van der Waals surface area contributed by atoms with E-state index >= 15 is 0 Å². The number of hydrogen-bond acceptors (Lipinski definition) is 4. The van der Waals surface area contributed by atoms with Crippen molar-refractivity contribution in [1.29, 1.82) is 0 Å². The lowest BCUT2D eigenvalue weighted by molar-refractivity contribution is -0.139. The van der Waals surface area contributed by atoms with Gasteiger partial charge in [-0.1, -0.05) is 6.42 Å². The van der Waals surface area contributed by atoms with Gasteiger partial charge in [-0.05, 0) is 37.1 Å². The number of nitrogens with one attached hydrogen (secondary N) is 1. The van der Waals surface area contributed by atoms with Crippen molar-refractivity contribution in [2.24, 2.45) is 5.92 Å². The van der Waals surface area contributed by atoms with Gasteiger partial charge in [0, 0.05) is 23.7 Å². The van der Waals surface area contributed by atoms with E-state index in [0.29, 0.717) is 24.4 Å². The molecule has 7 heteroatoms. The second kappa shape index (κ2) is 7.65. The van der Waals surface area contributed by atoms with E-state index in [4.69, 9.17) is 9.84 Å². The first-order chi connectivity index (χ1) is 12.0. The number of carboxylic acid groups (broad SMARTS) is 1. The summed E-state index contributed by atoms with van der Waals surface area (Å²) >= 11 is 0. The molecule has 2 fully saturated rings. The van der Waals surface area contributed by atoms with Gasteiger partial charge in [0.05, 0.1) is 25.7 Å². The second-order valence-electron chi connectivity index (χ2n) is 6.52. The summed E-state index contributed by atoms with van der Waals surface area (Å²) in [6, 6.07) is 6.27. The normalized spacial score (nSPS) is 20.6. The van der Waals surface area contributed by atoms with Crippen LogP contribution in [0.2, 0.25) is 0 Å². The molecular formula is C18H22N2O5. The van der Waals surface area contributed by atoms with E-state index in [0.717, 1.165) is 19.3 Å². The zero-order valence-electron chi connectivity index (χ0n) is 13.9. The van der Waals surface area contributed by atoms with Crippen LogP contribution in [0.15, 0.2) is 24.3 Å². The lowest BCUT2D eigenvalue weighted by Gasteiger charge is -2.34. The summed E-state index contributed by atoms with van der Waals surface area (Å²) in [4.78, 5) is 37.2. The van der Waals surface area contributed by atoms with Gasteiger partial charge in [0.25, 0.3) is 5.91 Å². The fraction of sp³-hybridized carbons (Fsp3) is 0.500. The molecule has 134 valence electrons. The van der Waals surface area contributed by atoms with Gasteiger partial charge in [0.15, 0.2) is 0 Å². The molecule has 1 aliphatic carbocycles. The highest BCUT2D eigenvalue weighted by Gasteiger charge is 2.30. The van der Waals surface area contributed by atoms with Gasteiger partial charge >= 0.3 is 5.97 Å². The Morgan fingerprint density at radius 2 is 1.92 bits per heavy atom. The standard InChI is InChI=1S/C18H22N2O5/c21-16(22)10-15-11-25-9-8-20(15)18(24)13-4-6-14(7-5-13)19-17(23)12-2-1-3-12/h4-7,12,15H,1-3,8-11H2,(H,19,23)(H,21,22). The minimum absolute atomic E-state index is 0.0278. The summed E-state index contributed by atoms with van der Waals surface area (Å²) in [7, 11) is 0. The molecule has 0 radical (unpaired) electrons. The van der Waals surface area contributed by atoms with E-state index in [-0.39, 0.29) is 30.8 Å². The van der Waals surface area contributed by atoms with Crippen molar-refractivity contribution in [3.05, 3.63) is 29.8 Å². The molecule has 0 bridgehead atoms. The van der Waals surface area contributed by atoms with E-state index in [9.17, 15) is 14.4 Å². The first kappa shape index (κ1) is 17.4. The number of aliphatic carboxylic acids is 1. The minimum atomic E-state index is -0.956. The average Bonchev–Trinajstić information content (AvgIpc) is 2.53. The number of hydrogen-bond donors (Lipinski definition) is 2. The van der Waals surface area contributed by atoms with E-state index in [1.807, 2.05) is 0 Å². The zero-order valence-corrected chi connectivity index (χ0v) is 13.9. The van der Waals surface area contributed by atoms with Crippen molar-refractivity contribution in [1.82, 2.24) is 4.90 Å². The summed E-state index contributed by atoms with van der Waals surface area (Å²) in [6.45, 7) is 1.00. The molecule has 7 nitrogen and oxygen atoms in total. The molecule has 3 rings (SSSR count). The highest BCUT2D eigenvalue weighted by atomic mass is 16.5. The first-order valence-corrected chi connectivity index (χ1v) is 8.56. The van der Waals surface area contributed by atoms with Crippen molar-refractivity contribution < 1.29 is 24.2 Å². The average molecular weight is 346 g/mol. The number of benzene rings is 1. The number of ether oxygens (including phenoxy) is 1. The van der Waals surface area contributed by atoms with Crippen LogP contribution in [0.3, 0.4) is 0 Å². The van der Waals surface area contributed by atoms with Crippen molar-refractivity contribution in [2.75, 3.05) is 25.1 Å². The highest BCUT2D eigenvalue weighted by molar-refractivity contribution is 5.96. The molecule has 0 spiro atoms. The maximum absolute atomic E-state index is 12.7. The molecule has 2 aliphatic rings. The number of rotatable bonds is 5. The van der Waals surface area contributed by atoms with Gasteiger partial charge in [0.1, 0.15) is 0 Å². The fourth-order valence-corrected chi connectivity index (χ4v) is 3.07. The van der Waals surface area contributed by atoms with Gasteiger partial charge in [-0.25, -0.2) is 0 Å². The van der Waals surface area contributed by atoms with Crippen LogP contribution in [0.25, 0.3) is 0 Å². The van der Waals surface area contributed by atoms with Crippen LogP contribution >= 0.6 is 0 Å². The van der Waals surface area contributed by atoms with Crippen LogP contribution in [0.5, 0.6) is 0 Å². The van der Waals surface area contributed by atoms with Crippen LogP contribution in [0, 0.1) is 5.92 Å². The quantitative estimate of drug-likeness (QED) is 0.847. The molecule has 1 aliphatic heterocycles. The Bertz CT molecular complexity index is 654. The largest absolute Gasteiger partial charge is 0.481 e. The molecule has 0 aromatic heterocycles. The molecule has 2 amide bonds. The Labute approximate surface area is 146 Å². The molecule has 1 unspecified atom stereocenters. The molecule has 1 aromatic rings. The molecule has 1 aromatic carbocycles. The van der Waals surface area contributed by atoms with Crippen LogP contribution in [0.1, 0.15) is 36.0 Å². The number of carboxylic acids is 1. The van der Waals surface area contributed by atoms with Crippen LogP contribution in [-0.4, -0.2) is 53.6 Å². The Morgan fingerprint density at radius 3 is 2.52 bits per heavy atom. The summed E-state index contributed by atoms with van der Waals surface area (Å²) in [5.41, 5.74) is 1.14. The number of carbonyl (C=O) groups is 3. The smallest absolute Gasteiger partial charge is 0.305 e. The third kappa shape index (κ3) is 4.17. The SMILES string of the molecule is O=C(O)CC1COCCN1C(=O)c1ccc(NC(=O)C2CCC2)cc1. The summed E-state index contributed by atoms with van der Waals surface area (Å²) in [6.07, 6.45) is 2.83. The number of nitrogens with zero attached hydrogens (tertiary/aromatic N) is 1. The van der Waals surface area contributed by atoms with Gasteiger partial charge in [0.2, 0.25) is 5.91 Å². The maximum Gasteiger partial charge on any atom is 0.305 e. The number of carbonyl (C=O) groups excluding carboxylic acids is 2. The monoisotopic (exact) mass is 346 g/mol. The predicted molar refractivity (Wildman–Crippen MR) is 90.3 cm³/mol. The third-order valence-electron chi connectivity index (χ3n) is 4.77. The van der Waals surface area contributed by atoms with Crippen molar-refractivity contribution >= 4 is 23.5 Å². The molecule has 1 heterocycles. The maximum atomic E-state index is 12.7. The first-order valence-electron chi connectivity index (χ1n) is 8.56. The Balaban J connectivity index is 1.64. The van der Waals surface area contributed by atoms with Gasteiger partial charge < -0.3 is 20.1 Å². The van der Waals surface area contributed by atoms with Crippen LogP contribution in [0.4, 0.5) is 5.69 Å².